The zero-order valence-electron chi connectivity index (χ0n) is 51.7. The first kappa shape index (κ1) is 74.4. The van der Waals surface area contributed by atoms with Crippen molar-refractivity contribution in [1.29, 1.82) is 0 Å². The highest BCUT2D eigenvalue weighted by molar-refractivity contribution is 5.71. The van der Waals surface area contributed by atoms with Crippen molar-refractivity contribution in [3.05, 3.63) is 48.6 Å². The molecule has 0 rings (SSSR count). The monoisotopic (exact) mass is 1080 g/mol. The summed E-state index contributed by atoms with van der Waals surface area (Å²) in [6, 6.07) is 0. The topological polar surface area (TPSA) is 78.9 Å². The van der Waals surface area contributed by atoms with Crippen LogP contribution in [0.15, 0.2) is 48.6 Å². The van der Waals surface area contributed by atoms with Crippen LogP contribution < -0.4 is 0 Å². The van der Waals surface area contributed by atoms with Crippen molar-refractivity contribution in [3.8, 4) is 0 Å². The van der Waals surface area contributed by atoms with Crippen LogP contribution in [0.2, 0.25) is 0 Å². The standard InChI is InChI=1S/C71H130O6/c1-4-7-10-13-16-19-21-23-25-27-28-29-30-31-32-33-34-35-36-37-38-39-40-41-42-44-45-47-49-52-55-58-61-64-70(73)76-67-68(66-75-69(72)63-60-57-54-51-18-15-12-9-6-3)77-71(74)65-62-59-56-53-50-48-46-43-26-24-22-20-17-14-11-8-5-2/h7,10,16,19,23,25,28-29,68H,4-6,8-9,11-15,17-18,20-22,24,26-27,30-67H2,1-3H3/b10-7-,19-16-,25-23-,29-28-. The van der Waals surface area contributed by atoms with Crippen LogP contribution in [0.3, 0.4) is 0 Å². The molecule has 0 spiro atoms. The number of esters is 3. The number of allylic oxidation sites excluding steroid dienone is 8. The minimum absolute atomic E-state index is 0.0652. The number of hydrogen-bond donors (Lipinski definition) is 0. The van der Waals surface area contributed by atoms with Crippen molar-refractivity contribution in [3.63, 3.8) is 0 Å². The van der Waals surface area contributed by atoms with Gasteiger partial charge in [0.15, 0.2) is 6.10 Å². The normalized spacial score (nSPS) is 12.3. The second-order valence-corrected chi connectivity index (χ2v) is 23.1. The first-order valence-electron chi connectivity index (χ1n) is 34.1. The maximum Gasteiger partial charge on any atom is 0.306 e. The van der Waals surface area contributed by atoms with Gasteiger partial charge in [0.1, 0.15) is 13.2 Å². The van der Waals surface area contributed by atoms with Crippen molar-refractivity contribution in [2.24, 2.45) is 0 Å². The summed E-state index contributed by atoms with van der Waals surface area (Å²) in [5, 5.41) is 0. The van der Waals surface area contributed by atoms with Crippen molar-refractivity contribution in [2.75, 3.05) is 13.2 Å². The van der Waals surface area contributed by atoms with Crippen molar-refractivity contribution in [1.82, 2.24) is 0 Å². The molecule has 6 nitrogen and oxygen atoms in total. The Morgan fingerprint density at radius 3 is 0.792 bits per heavy atom. The summed E-state index contributed by atoms with van der Waals surface area (Å²) in [5.74, 6) is -0.841. The molecule has 450 valence electrons. The van der Waals surface area contributed by atoms with E-state index < -0.39 is 6.10 Å². The lowest BCUT2D eigenvalue weighted by Crippen LogP contribution is -2.30. The zero-order valence-corrected chi connectivity index (χ0v) is 51.7. The van der Waals surface area contributed by atoms with E-state index in [4.69, 9.17) is 14.2 Å². The van der Waals surface area contributed by atoms with E-state index in [1.807, 2.05) is 0 Å². The Kier molecular flexibility index (Phi) is 63.6. The van der Waals surface area contributed by atoms with Crippen molar-refractivity contribution < 1.29 is 28.6 Å². The van der Waals surface area contributed by atoms with E-state index in [9.17, 15) is 14.4 Å². The molecule has 0 aromatic rings. The fraction of sp³-hybridized carbons (Fsp3) is 0.845. The SMILES string of the molecule is CC/C=C\C/C=C\C/C=C\C/C=C\CCCCCCCCCCCCCCCCCCCCCCC(=O)OCC(COC(=O)CCCCCCCCCCC)OC(=O)CCCCCCCCCCCCCCCCCCC. The van der Waals surface area contributed by atoms with E-state index in [-0.39, 0.29) is 31.1 Å². The van der Waals surface area contributed by atoms with Crippen LogP contribution in [0.25, 0.3) is 0 Å². The molecule has 1 atom stereocenters. The maximum absolute atomic E-state index is 12.9. The van der Waals surface area contributed by atoms with E-state index in [2.05, 4.69) is 69.4 Å². The number of hydrogen-bond acceptors (Lipinski definition) is 6. The number of carbonyl (C=O) groups excluding carboxylic acids is 3. The second kappa shape index (κ2) is 65.9. The molecule has 0 aromatic heterocycles. The van der Waals surface area contributed by atoms with Crippen LogP contribution in [0.4, 0.5) is 0 Å². The van der Waals surface area contributed by atoms with Crippen LogP contribution in [0.1, 0.15) is 367 Å². The predicted octanol–water partition coefficient (Wildman–Crippen LogP) is 23.3. The van der Waals surface area contributed by atoms with Crippen molar-refractivity contribution >= 4 is 17.9 Å². The van der Waals surface area contributed by atoms with Gasteiger partial charge in [-0.2, -0.15) is 0 Å². The van der Waals surface area contributed by atoms with Crippen LogP contribution in [-0.4, -0.2) is 37.2 Å². The largest absolute Gasteiger partial charge is 0.462 e. The average Bonchev–Trinajstić information content (AvgIpc) is 3.43. The van der Waals surface area contributed by atoms with E-state index in [0.717, 1.165) is 83.5 Å². The second-order valence-electron chi connectivity index (χ2n) is 23.1. The highest BCUT2D eigenvalue weighted by Crippen LogP contribution is 2.18. The summed E-state index contributed by atoms with van der Waals surface area (Å²) in [7, 11) is 0. The Morgan fingerprint density at radius 1 is 0.273 bits per heavy atom. The molecule has 0 aliphatic carbocycles. The molecule has 1 unspecified atom stereocenters. The lowest BCUT2D eigenvalue weighted by Gasteiger charge is -2.18. The number of carbonyl (C=O) groups is 3. The van der Waals surface area contributed by atoms with E-state index in [1.54, 1.807) is 0 Å². The van der Waals surface area contributed by atoms with Crippen LogP contribution >= 0.6 is 0 Å². The molecule has 77 heavy (non-hydrogen) atoms. The molecular formula is C71H130O6. The highest BCUT2D eigenvalue weighted by atomic mass is 16.6. The average molecular weight is 1080 g/mol. The van der Waals surface area contributed by atoms with Gasteiger partial charge in [-0.25, -0.2) is 0 Å². The number of unbranched alkanes of at least 4 members (excludes halogenated alkanes) is 44. The third-order valence-corrected chi connectivity index (χ3v) is 15.3. The predicted molar refractivity (Wildman–Crippen MR) is 335 cm³/mol. The molecule has 0 bridgehead atoms. The maximum atomic E-state index is 12.9. The first-order chi connectivity index (χ1) is 38.0. The lowest BCUT2D eigenvalue weighted by molar-refractivity contribution is -0.167. The molecule has 0 amide bonds. The molecule has 0 saturated carbocycles. The van der Waals surface area contributed by atoms with Gasteiger partial charge in [0.25, 0.3) is 0 Å². The Morgan fingerprint density at radius 2 is 0.506 bits per heavy atom. The number of ether oxygens (including phenoxy) is 3. The molecule has 0 aliphatic heterocycles. The number of rotatable bonds is 63. The smallest absolute Gasteiger partial charge is 0.306 e. The van der Waals surface area contributed by atoms with Gasteiger partial charge in [0.2, 0.25) is 0 Å². The summed E-state index contributed by atoms with van der Waals surface area (Å²) >= 11 is 0. The Bertz CT molecular complexity index is 1330. The van der Waals surface area contributed by atoms with Crippen LogP contribution in [-0.2, 0) is 28.6 Å². The summed E-state index contributed by atoms with van der Waals surface area (Å²) in [5.41, 5.74) is 0. The van der Waals surface area contributed by atoms with Gasteiger partial charge in [-0.15, -0.1) is 0 Å². The molecule has 0 fully saturated rings. The molecule has 0 N–H and O–H groups in total. The highest BCUT2D eigenvalue weighted by Gasteiger charge is 2.19. The van der Waals surface area contributed by atoms with Crippen LogP contribution in [0, 0.1) is 0 Å². The van der Waals surface area contributed by atoms with E-state index in [0.29, 0.717) is 19.3 Å². The third-order valence-electron chi connectivity index (χ3n) is 15.3. The van der Waals surface area contributed by atoms with E-state index in [1.165, 1.54) is 244 Å². The lowest BCUT2D eigenvalue weighted by atomic mass is 10.0. The van der Waals surface area contributed by atoms with Crippen molar-refractivity contribution in [2.45, 2.75) is 374 Å². The molecular weight excluding hydrogens is 949 g/mol. The van der Waals surface area contributed by atoms with Gasteiger partial charge < -0.3 is 14.2 Å². The van der Waals surface area contributed by atoms with Gasteiger partial charge >= 0.3 is 17.9 Å². The van der Waals surface area contributed by atoms with Crippen LogP contribution in [0.5, 0.6) is 0 Å². The fourth-order valence-corrected chi connectivity index (χ4v) is 10.3. The molecule has 0 saturated heterocycles. The zero-order chi connectivity index (χ0) is 55.7. The summed E-state index contributed by atoms with van der Waals surface area (Å²) in [6.07, 6.45) is 83.0. The Hall–Kier alpha value is -2.63. The molecule has 0 aliphatic rings. The summed E-state index contributed by atoms with van der Waals surface area (Å²) in [4.78, 5) is 38.2. The molecule has 0 radical (unpaired) electrons. The first-order valence-corrected chi connectivity index (χ1v) is 34.1. The van der Waals surface area contributed by atoms with Gasteiger partial charge in [0, 0.05) is 19.3 Å². The van der Waals surface area contributed by atoms with Gasteiger partial charge in [0.05, 0.1) is 0 Å². The molecule has 6 heteroatoms. The minimum atomic E-state index is -0.766. The van der Waals surface area contributed by atoms with Gasteiger partial charge in [-0.3, -0.25) is 14.4 Å². The van der Waals surface area contributed by atoms with E-state index >= 15 is 0 Å². The quantitative estimate of drug-likeness (QED) is 0.0261. The molecule has 0 heterocycles. The Balaban J connectivity index is 4.02. The Labute approximate surface area is 479 Å². The fourth-order valence-electron chi connectivity index (χ4n) is 10.3. The third kappa shape index (κ3) is 64.1. The minimum Gasteiger partial charge on any atom is -0.462 e. The summed E-state index contributed by atoms with van der Waals surface area (Å²) < 4.78 is 16.9. The summed E-state index contributed by atoms with van der Waals surface area (Å²) in [6.45, 7) is 6.57. The van der Waals surface area contributed by atoms with Gasteiger partial charge in [-0.1, -0.05) is 339 Å². The van der Waals surface area contributed by atoms with Gasteiger partial charge in [-0.05, 0) is 57.8 Å². The molecule has 0 aromatic carbocycles.